The fraction of sp³-hybridized carbons (Fsp3) is 1.00. The second kappa shape index (κ2) is 112. The molecule has 0 aromatic rings. The van der Waals surface area contributed by atoms with E-state index in [9.17, 15) is 0 Å². The Balaban J connectivity index is -0.000000000333. The van der Waals surface area contributed by atoms with E-state index in [1.165, 1.54) is 6.38 Å². The summed E-state index contributed by atoms with van der Waals surface area (Å²) in [6.07, 6.45) is 1.47. The van der Waals surface area contributed by atoms with Crippen molar-refractivity contribution in [2.24, 2.45) is 0 Å². The third kappa shape index (κ3) is 77.8. The van der Waals surface area contributed by atoms with E-state index in [2.05, 4.69) is 11.6 Å². The second-order valence-electron chi connectivity index (χ2n) is 0. The Morgan fingerprint density at radius 1 is 0.875 bits per heavy atom. The minimum Gasteiger partial charge on any atom is -1.00 e. The summed E-state index contributed by atoms with van der Waals surface area (Å²) in [6, 6.07) is 0. The zero-order chi connectivity index (χ0) is 2.00. The Hall–Kier alpha value is 2.46. The smallest absolute Gasteiger partial charge is 1.00 e. The number of hydrogen-bond donors (Lipinski definition) is 0. The summed E-state index contributed by atoms with van der Waals surface area (Å²) in [6.45, 7) is 0. The summed E-state index contributed by atoms with van der Waals surface area (Å²) in [7, 11) is 0. The molecule has 7 heteroatoms. The van der Waals surface area contributed by atoms with Gasteiger partial charge in [-0.25, -0.2) is 0 Å². The van der Waals surface area contributed by atoms with Crippen molar-refractivity contribution in [2.45, 2.75) is 0 Å². The maximum Gasteiger partial charge on any atom is 1.00 e. The molecule has 0 amide bonds. The van der Waals surface area contributed by atoms with Gasteiger partial charge in [0.2, 0.25) is 0 Å². The Kier molecular flexibility index (Phi) is 1090. The van der Waals surface area contributed by atoms with Crippen LogP contribution in [0.1, 0.15) is 0 Å². The minimum atomic E-state index is 0. The maximum absolute atomic E-state index is 4.64. The van der Waals surface area contributed by atoms with Crippen LogP contribution < -0.4 is 71.5 Å². The molecule has 0 unspecified atom stereocenters. The van der Waals surface area contributed by atoms with Gasteiger partial charge in [-0.15, -0.1) is 11.6 Å². The van der Waals surface area contributed by atoms with Crippen molar-refractivity contribution < 1.29 is 88.0 Å². The quantitative estimate of drug-likeness (QED) is 0.272. The molecule has 0 saturated carbocycles. The molecule has 0 fully saturated rings. The minimum absolute atomic E-state index is 0. The van der Waals surface area contributed by atoms with Crippen LogP contribution in [0, 0.1) is 0 Å². The van der Waals surface area contributed by atoms with Gasteiger partial charge in [0, 0.05) is 6.38 Å². The van der Waals surface area contributed by atoms with Gasteiger partial charge in [0.05, 0.1) is 0 Å². The number of hydrogen-bond acceptors (Lipinski definition) is 1. The zero-order valence-electron chi connectivity index (χ0n) is 5.20. The van der Waals surface area contributed by atoms with E-state index in [1.807, 2.05) is 0 Å². The molecule has 8 heavy (non-hydrogen) atoms. The average molecular weight is 185 g/mol. The van der Waals surface area contributed by atoms with Crippen LogP contribution in [-0.4, -0.2) is 22.8 Å². The molecule has 0 radical (unpaired) electrons. The van der Waals surface area contributed by atoms with Gasteiger partial charge in [-0.05, 0) is 0 Å². The second-order valence-corrected chi connectivity index (χ2v) is 0. The van der Waals surface area contributed by atoms with E-state index in [0.717, 1.165) is 0 Å². The van der Waals surface area contributed by atoms with Gasteiger partial charge in [-0.1, -0.05) is 0 Å². The molecular weight excluding hydrogens is 177 g/mol. The Morgan fingerprint density at radius 3 is 0.875 bits per heavy atom. The van der Waals surface area contributed by atoms with Crippen LogP contribution in [0.3, 0.4) is 0 Å². The summed E-state index contributed by atoms with van der Waals surface area (Å²) in [5.41, 5.74) is 0. The molecule has 0 aliphatic carbocycles. The third-order valence-corrected chi connectivity index (χ3v) is 0. The first-order valence-corrected chi connectivity index (χ1v) is 1.13. The summed E-state index contributed by atoms with van der Waals surface area (Å²) < 4.78 is 0. The molecule has 0 heterocycles. The Morgan fingerprint density at radius 2 is 0.875 bits per heavy atom. The Labute approximate surface area is 104 Å². The topological polar surface area (TPSA) is 93.0 Å². The molecule has 0 aromatic heterocycles. The standard InChI is InChI=1S/CH3Cl.ClH.2Na.3H2O/c1-2;;;;;;/h1H3;1H;;;3*1H2/q;;2*+1;;;/p-2. The van der Waals surface area contributed by atoms with Crippen LogP contribution in [-0.2, 0) is 0 Å². The largest absolute Gasteiger partial charge is 1.00 e. The van der Waals surface area contributed by atoms with Gasteiger partial charge < -0.3 is 28.8 Å². The van der Waals surface area contributed by atoms with E-state index in [1.54, 1.807) is 0 Å². The molecule has 46 valence electrons. The van der Waals surface area contributed by atoms with Crippen LogP contribution in [0.2, 0.25) is 0 Å². The van der Waals surface area contributed by atoms with Gasteiger partial charge in [0.15, 0.2) is 0 Å². The van der Waals surface area contributed by atoms with Crippen molar-refractivity contribution in [3.8, 4) is 0 Å². The molecule has 0 bridgehead atoms. The van der Waals surface area contributed by atoms with Crippen molar-refractivity contribution in [1.82, 2.24) is 0 Å². The molecule has 0 saturated heterocycles. The first-order valence-electron chi connectivity index (χ1n) is 0.378. The maximum atomic E-state index is 4.64. The predicted octanol–water partition coefficient (Wildman–Crippen LogP) is -9.96. The van der Waals surface area contributed by atoms with Crippen LogP contribution in [0.5, 0.6) is 0 Å². The van der Waals surface area contributed by atoms with E-state index in [4.69, 9.17) is 0 Å². The number of halogens is 2. The number of alkyl halides is 1. The van der Waals surface area contributed by atoms with Crippen molar-refractivity contribution >= 4 is 11.6 Å². The first kappa shape index (κ1) is 78.2. The van der Waals surface area contributed by atoms with Crippen molar-refractivity contribution in [3.05, 3.63) is 0 Å². The molecule has 5 N–H and O–H groups in total. The average Bonchev–Trinajstić information content (AvgIpc) is 1.00. The summed E-state index contributed by atoms with van der Waals surface area (Å²) in [4.78, 5) is 0. The molecular formula is CH8Cl2Na2O3. The zero-order valence-corrected chi connectivity index (χ0v) is 10.7. The summed E-state index contributed by atoms with van der Waals surface area (Å²) in [5.74, 6) is 0. The summed E-state index contributed by atoms with van der Waals surface area (Å²) >= 11 is 4.64. The fourth-order valence-electron chi connectivity index (χ4n) is 0. The van der Waals surface area contributed by atoms with E-state index >= 15 is 0 Å². The monoisotopic (exact) mass is 184 g/mol. The predicted molar refractivity (Wildman–Crippen MR) is 20.9 cm³/mol. The number of rotatable bonds is 0. The Bertz CT molecular complexity index is 15.2. The van der Waals surface area contributed by atoms with Gasteiger partial charge in [0.25, 0.3) is 0 Å². The SMILES string of the molecule is CCl.O.O.[Cl-].[Na+].[Na+].[OH-]. The van der Waals surface area contributed by atoms with Crippen LogP contribution in [0.4, 0.5) is 0 Å². The van der Waals surface area contributed by atoms with E-state index in [0.29, 0.717) is 0 Å². The van der Waals surface area contributed by atoms with Crippen LogP contribution >= 0.6 is 11.6 Å². The van der Waals surface area contributed by atoms with E-state index in [-0.39, 0.29) is 88.0 Å². The fourth-order valence-corrected chi connectivity index (χ4v) is 0. The van der Waals surface area contributed by atoms with E-state index < -0.39 is 0 Å². The van der Waals surface area contributed by atoms with Gasteiger partial charge in [-0.3, -0.25) is 0 Å². The van der Waals surface area contributed by atoms with Crippen molar-refractivity contribution in [2.75, 3.05) is 6.38 Å². The molecule has 0 aliphatic heterocycles. The first-order chi connectivity index (χ1) is 1.00. The molecule has 0 aliphatic rings. The normalized spacial score (nSPS) is 0.750. The van der Waals surface area contributed by atoms with Gasteiger partial charge >= 0.3 is 59.1 Å². The van der Waals surface area contributed by atoms with Crippen molar-refractivity contribution in [3.63, 3.8) is 0 Å². The summed E-state index contributed by atoms with van der Waals surface area (Å²) in [5, 5.41) is 0. The van der Waals surface area contributed by atoms with Gasteiger partial charge in [-0.2, -0.15) is 0 Å². The van der Waals surface area contributed by atoms with Crippen LogP contribution in [0.15, 0.2) is 0 Å². The van der Waals surface area contributed by atoms with Crippen LogP contribution in [0.25, 0.3) is 0 Å². The van der Waals surface area contributed by atoms with Crippen molar-refractivity contribution in [1.29, 1.82) is 0 Å². The molecule has 0 spiro atoms. The molecule has 3 nitrogen and oxygen atoms in total. The molecule has 0 rings (SSSR count). The molecule has 0 atom stereocenters. The molecule has 0 aromatic carbocycles. The van der Waals surface area contributed by atoms with Gasteiger partial charge in [0.1, 0.15) is 0 Å². The third-order valence-electron chi connectivity index (χ3n) is 0.